The maximum Gasteiger partial charge on any atom is 0.0593 e. The average Bonchev–Trinajstić information content (AvgIpc) is 3.26. The molecular formula is C17H29N3O. The summed E-state index contributed by atoms with van der Waals surface area (Å²) in [6.45, 7) is 8.74. The number of nitrogens with zero attached hydrogens (tertiary/aromatic N) is 2. The van der Waals surface area contributed by atoms with Crippen LogP contribution in [-0.2, 0) is 17.8 Å². The zero-order valence-corrected chi connectivity index (χ0v) is 13.6. The highest BCUT2D eigenvalue weighted by molar-refractivity contribution is 5.11. The normalized spacial score (nSPS) is 15.1. The summed E-state index contributed by atoms with van der Waals surface area (Å²) in [5.41, 5.74) is 2.24. The maximum atomic E-state index is 5.68. The molecule has 1 fully saturated rings. The van der Waals surface area contributed by atoms with Crippen LogP contribution in [0.2, 0.25) is 0 Å². The van der Waals surface area contributed by atoms with Crippen LogP contribution in [-0.4, -0.2) is 42.7 Å². The molecule has 1 aromatic rings. The summed E-state index contributed by atoms with van der Waals surface area (Å²) in [5, 5.41) is 3.40. The lowest BCUT2D eigenvalue weighted by molar-refractivity contribution is 0.101. The SMILES string of the molecule is CC(C)NCc1cccc(CN(C)CCOCC2CC2)n1. The molecule has 0 aromatic carbocycles. The van der Waals surface area contributed by atoms with Gasteiger partial charge in [0.15, 0.2) is 0 Å². The average molecular weight is 291 g/mol. The van der Waals surface area contributed by atoms with E-state index in [1.807, 2.05) is 0 Å². The Hall–Kier alpha value is -0.970. The fourth-order valence-corrected chi connectivity index (χ4v) is 2.13. The van der Waals surface area contributed by atoms with E-state index in [-0.39, 0.29) is 0 Å². The second kappa shape index (κ2) is 8.47. The van der Waals surface area contributed by atoms with Crippen molar-refractivity contribution in [2.24, 2.45) is 5.92 Å². The van der Waals surface area contributed by atoms with Crippen molar-refractivity contribution in [2.45, 2.75) is 45.8 Å². The lowest BCUT2D eigenvalue weighted by Gasteiger charge is -2.17. The lowest BCUT2D eigenvalue weighted by Crippen LogP contribution is -2.25. The van der Waals surface area contributed by atoms with Crippen LogP contribution in [0.15, 0.2) is 18.2 Å². The zero-order chi connectivity index (χ0) is 15.1. The molecular weight excluding hydrogens is 262 g/mol. The minimum absolute atomic E-state index is 0.488. The summed E-state index contributed by atoms with van der Waals surface area (Å²) in [4.78, 5) is 6.98. The number of pyridine rings is 1. The van der Waals surface area contributed by atoms with E-state index in [2.05, 4.69) is 49.3 Å². The fraction of sp³-hybridized carbons (Fsp3) is 0.706. The first-order valence-corrected chi connectivity index (χ1v) is 8.08. The summed E-state index contributed by atoms with van der Waals surface area (Å²) in [7, 11) is 2.13. The number of likely N-dealkylation sites (N-methyl/N-ethyl adjacent to an activating group) is 1. The van der Waals surface area contributed by atoms with E-state index in [0.717, 1.165) is 50.2 Å². The first kappa shape index (κ1) is 16.4. The largest absolute Gasteiger partial charge is 0.380 e. The highest BCUT2D eigenvalue weighted by Crippen LogP contribution is 2.28. The predicted octanol–water partition coefficient (Wildman–Crippen LogP) is 2.44. The Morgan fingerprint density at radius 2 is 2.10 bits per heavy atom. The summed E-state index contributed by atoms with van der Waals surface area (Å²) in [5.74, 6) is 0.849. The second-order valence-corrected chi connectivity index (χ2v) is 6.41. The number of hydrogen-bond acceptors (Lipinski definition) is 4. The number of nitrogens with one attached hydrogen (secondary N) is 1. The molecule has 1 aliphatic carbocycles. The van der Waals surface area contributed by atoms with Gasteiger partial charge in [0, 0.05) is 32.3 Å². The van der Waals surface area contributed by atoms with Crippen LogP contribution in [0.5, 0.6) is 0 Å². The molecule has 0 aliphatic heterocycles. The Kier molecular flexibility index (Phi) is 6.61. The van der Waals surface area contributed by atoms with Crippen LogP contribution in [0.3, 0.4) is 0 Å². The molecule has 0 radical (unpaired) electrons. The van der Waals surface area contributed by atoms with Gasteiger partial charge in [-0.05, 0) is 37.9 Å². The lowest BCUT2D eigenvalue weighted by atomic mass is 10.2. The van der Waals surface area contributed by atoms with Gasteiger partial charge in [-0.3, -0.25) is 9.88 Å². The molecule has 1 N–H and O–H groups in total. The number of aromatic nitrogens is 1. The molecule has 0 saturated heterocycles. The highest BCUT2D eigenvalue weighted by atomic mass is 16.5. The van der Waals surface area contributed by atoms with Gasteiger partial charge in [-0.15, -0.1) is 0 Å². The molecule has 21 heavy (non-hydrogen) atoms. The summed E-state index contributed by atoms with van der Waals surface area (Å²) in [6.07, 6.45) is 2.72. The molecule has 4 nitrogen and oxygen atoms in total. The first-order chi connectivity index (χ1) is 10.1. The van der Waals surface area contributed by atoms with Crippen LogP contribution >= 0.6 is 0 Å². The molecule has 0 bridgehead atoms. The van der Waals surface area contributed by atoms with Gasteiger partial charge in [-0.25, -0.2) is 0 Å². The van der Waals surface area contributed by atoms with Crippen molar-refractivity contribution in [3.8, 4) is 0 Å². The van der Waals surface area contributed by atoms with Gasteiger partial charge in [-0.2, -0.15) is 0 Å². The zero-order valence-electron chi connectivity index (χ0n) is 13.6. The standard InChI is InChI=1S/C17H29N3O/c1-14(2)18-11-16-5-4-6-17(19-16)12-20(3)9-10-21-13-15-7-8-15/h4-6,14-15,18H,7-13H2,1-3H3. The number of rotatable bonds is 10. The number of hydrogen-bond donors (Lipinski definition) is 1. The smallest absolute Gasteiger partial charge is 0.0593 e. The molecule has 1 aromatic heterocycles. The van der Waals surface area contributed by atoms with Crippen LogP contribution in [0, 0.1) is 5.92 Å². The Morgan fingerprint density at radius 1 is 1.33 bits per heavy atom. The van der Waals surface area contributed by atoms with Gasteiger partial charge in [0.2, 0.25) is 0 Å². The molecule has 4 heteroatoms. The Bertz CT molecular complexity index is 418. The van der Waals surface area contributed by atoms with Gasteiger partial charge in [0.1, 0.15) is 0 Å². The summed E-state index contributed by atoms with van der Waals surface area (Å²) < 4.78 is 5.68. The Labute approximate surface area is 128 Å². The van der Waals surface area contributed by atoms with Gasteiger partial charge in [0.05, 0.1) is 18.0 Å². The van der Waals surface area contributed by atoms with Gasteiger partial charge in [0.25, 0.3) is 0 Å². The monoisotopic (exact) mass is 291 g/mol. The van der Waals surface area contributed by atoms with Crippen molar-refractivity contribution in [1.29, 1.82) is 0 Å². The molecule has 1 aliphatic rings. The van der Waals surface area contributed by atoms with E-state index >= 15 is 0 Å². The third kappa shape index (κ3) is 7.02. The fourth-order valence-electron chi connectivity index (χ4n) is 2.13. The predicted molar refractivity (Wildman–Crippen MR) is 86.1 cm³/mol. The molecule has 2 rings (SSSR count). The van der Waals surface area contributed by atoms with Gasteiger partial charge in [-0.1, -0.05) is 19.9 Å². The van der Waals surface area contributed by atoms with E-state index in [9.17, 15) is 0 Å². The van der Waals surface area contributed by atoms with Crippen molar-refractivity contribution in [3.63, 3.8) is 0 Å². The van der Waals surface area contributed by atoms with Crippen molar-refractivity contribution < 1.29 is 4.74 Å². The van der Waals surface area contributed by atoms with E-state index in [1.165, 1.54) is 12.8 Å². The Morgan fingerprint density at radius 3 is 2.81 bits per heavy atom. The third-order valence-electron chi connectivity index (χ3n) is 3.66. The van der Waals surface area contributed by atoms with Crippen molar-refractivity contribution in [2.75, 3.05) is 26.8 Å². The first-order valence-electron chi connectivity index (χ1n) is 8.08. The van der Waals surface area contributed by atoms with Crippen molar-refractivity contribution >= 4 is 0 Å². The van der Waals surface area contributed by atoms with Crippen molar-refractivity contribution in [1.82, 2.24) is 15.2 Å². The quantitative estimate of drug-likeness (QED) is 0.672. The number of ether oxygens (including phenoxy) is 1. The minimum Gasteiger partial charge on any atom is -0.380 e. The molecule has 118 valence electrons. The molecule has 1 saturated carbocycles. The van der Waals surface area contributed by atoms with Crippen LogP contribution in [0.1, 0.15) is 38.1 Å². The van der Waals surface area contributed by atoms with E-state index in [0.29, 0.717) is 6.04 Å². The van der Waals surface area contributed by atoms with Crippen molar-refractivity contribution in [3.05, 3.63) is 29.6 Å². The molecule has 0 unspecified atom stereocenters. The molecule has 0 spiro atoms. The van der Waals surface area contributed by atoms with Crippen LogP contribution in [0.4, 0.5) is 0 Å². The third-order valence-corrected chi connectivity index (χ3v) is 3.66. The van der Waals surface area contributed by atoms with Gasteiger partial charge < -0.3 is 10.1 Å². The summed E-state index contributed by atoms with van der Waals surface area (Å²) in [6, 6.07) is 6.76. The molecule has 0 amide bonds. The topological polar surface area (TPSA) is 37.4 Å². The minimum atomic E-state index is 0.488. The second-order valence-electron chi connectivity index (χ2n) is 6.41. The van der Waals surface area contributed by atoms with Crippen LogP contribution < -0.4 is 5.32 Å². The van der Waals surface area contributed by atoms with E-state index < -0.39 is 0 Å². The highest BCUT2D eigenvalue weighted by Gasteiger charge is 2.20. The Balaban J connectivity index is 1.68. The molecule has 0 atom stereocenters. The van der Waals surface area contributed by atoms with E-state index in [1.54, 1.807) is 0 Å². The summed E-state index contributed by atoms with van der Waals surface area (Å²) >= 11 is 0. The maximum absolute atomic E-state index is 5.68. The molecule has 1 heterocycles. The van der Waals surface area contributed by atoms with Gasteiger partial charge >= 0.3 is 0 Å². The van der Waals surface area contributed by atoms with E-state index in [4.69, 9.17) is 9.72 Å². The van der Waals surface area contributed by atoms with Crippen LogP contribution in [0.25, 0.3) is 0 Å².